The predicted molar refractivity (Wildman–Crippen MR) is 79.0 cm³/mol. The van der Waals surface area contributed by atoms with Crippen molar-refractivity contribution in [2.45, 2.75) is 82.3 Å². The quantitative estimate of drug-likeness (QED) is 0.841. The maximum absolute atomic E-state index is 12.6. The normalized spacial score (nSPS) is 34.0. The van der Waals surface area contributed by atoms with Crippen molar-refractivity contribution in [1.82, 2.24) is 10.2 Å². The fourth-order valence-electron chi connectivity index (χ4n) is 4.64. The molecule has 0 aromatic carbocycles. The van der Waals surface area contributed by atoms with Gasteiger partial charge in [-0.1, -0.05) is 12.8 Å². The summed E-state index contributed by atoms with van der Waals surface area (Å²) in [6, 6.07) is 0.580. The molecular weight excluding hydrogens is 268 g/mol. The molecule has 2 atom stereocenters. The second-order valence-corrected chi connectivity index (χ2v) is 7.43. The van der Waals surface area contributed by atoms with Gasteiger partial charge >= 0.3 is 12.0 Å². The van der Waals surface area contributed by atoms with Crippen LogP contribution in [0.3, 0.4) is 0 Å². The van der Waals surface area contributed by atoms with E-state index in [0.717, 1.165) is 38.5 Å². The van der Waals surface area contributed by atoms with E-state index >= 15 is 0 Å². The van der Waals surface area contributed by atoms with Gasteiger partial charge in [-0.2, -0.15) is 0 Å². The summed E-state index contributed by atoms with van der Waals surface area (Å²) in [5, 5.41) is 12.2. The lowest BCUT2D eigenvalue weighted by atomic mass is 9.88. The molecule has 5 heteroatoms. The van der Waals surface area contributed by atoms with Crippen molar-refractivity contribution in [1.29, 1.82) is 0 Å². The minimum absolute atomic E-state index is 0.0333. The van der Waals surface area contributed by atoms with Crippen molar-refractivity contribution in [3.05, 3.63) is 0 Å². The minimum Gasteiger partial charge on any atom is -0.481 e. The molecule has 118 valence electrons. The van der Waals surface area contributed by atoms with Crippen LogP contribution in [0, 0.1) is 5.92 Å². The number of nitrogens with one attached hydrogen (secondary N) is 1. The molecule has 2 unspecified atom stereocenters. The Bertz CT molecular complexity index is 417. The first-order chi connectivity index (χ1) is 9.97. The fourth-order valence-corrected chi connectivity index (χ4v) is 4.64. The smallest absolute Gasteiger partial charge is 0.318 e. The number of fused-ring (bicyclic) bond motifs is 2. The molecule has 0 spiro atoms. The highest BCUT2D eigenvalue weighted by atomic mass is 16.4. The summed E-state index contributed by atoms with van der Waals surface area (Å²) in [5.41, 5.74) is -0.0333. The maximum Gasteiger partial charge on any atom is 0.318 e. The fraction of sp³-hybridized carbons (Fsp3) is 0.875. The SMILES string of the molecule is CC1(NC(=O)N2C3CCC2CC(CC(=O)O)C3)CCCC1. The van der Waals surface area contributed by atoms with Gasteiger partial charge in [-0.05, 0) is 51.4 Å². The Labute approximate surface area is 126 Å². The van der Waals surface area contributed by atoms with Crippen LogP contribution >= 0.6 is 0 Å². The van der Waals surface area contributed by atoms with E-state index < -0.39 is 5.97 Å². The van der Waals surface area contributed by atoms with Gasteiger partial charge in [-0.25, -0.2) is 4.79 Å². The largest absolute Gasteiger partial charge is 0.481 e. The van der Waals surface area contributed by atoms with Crippen molar-refractivity contribution in [3.8, 4) is 0 Å². The van der Waals surface area contributed by atoms with Crippen molar-refractivity contribution < 1.29 is 14.7 Å². The van der Waals surface area contributed by atoms with Crippen LogP contribution in [0.5, 0.6) is 0 Å². The number of hydrogen-bond acceptors (Lipinski definition) is 2. The molecule has 3 aliphatic rings. The standard InChI is InChI=1S/C16H26N2O3/c1-16(6-2-3-7-16)17-15(21)18-12-4-5-13(18)9-11(8-12)10-14(19)20/h11-13H,2-10H2,1H3,(H,17,21)(H,19,20). The molecular formula is C16H26N2O3. The second kappa shape index (κ2) is 5.50. The molecule has 0 aromatic rings. The number of amides is 2. The molecule has 0 aromatic heterocycles. The Morgan fingerprint density at radius 2 is 1.76 bits per heavy atom. The summed E-state index contributed by atoms with van der Waals surface area (Å²) >= 11 is 0. The van der Waals surface area contributed by atoms with Gasteiger partial charge in [0.1, 0.15) is 0 Å². The Balaban J connectivity index is 1.62. The molecule has 2 heterocycles. The van der Waals surface area contributed by atoms with Gasteiger partial charge < -0.3 is 15.3 Å². The lowest BCUT2D eigenvalue weighted by molar-refractivity contribution is -0.138. The molecule has 1 aliphatic carbocycles. The van der Waals surface area contributed by atoms with E-state index in [0.29, 0.717) is 0 Å². The first-order valence-electron chi connectivity index (χ1n) is 8.29. The van der Waals surface area contributed by atoms with E-state index in [2.05, 4.69) is 12.2 Å². The number of hydrogen-bond donors (Lipinski definition) is 2. The van der Waals surface area contributed by atoms with E-state index in [4.69, 9.17) is 5.11 Å². The number of carbonyl (C=O) groups is 2. The average molecular weight is 294 g/mol. The topological polar surface area (TPSA) is 69.6 Å². The van der Waals surface area contributed by atoms with Gasteiger partial charge in [0.15, 0.2) is 0 Å². The van der Waals surface area contributed by atoms with Crippen LogP contribution in [-0.4, -0.2) is 39.6 Å². The van der Waals surface area contributed by atoms with Crippen molar-refractivity contribution in [3.63, 3.8) is 0 Å². The van der Waals surface area contributed by atoms with E-state index in [1.807, 2.05) is 4.90 Å². The van der Waals surface area contributed by atoms with Crippen LogP contribution in [0.15, 0.2) is 0 Å². The summed E-state index contributed by atoms with van der Waals surface area (Å²) < 4.78 is 0. The van der Waals surface area contributed by atoms with Crippen LogP contribution in [0.25, 0.3) is 0 Å². The number of carbonyl (C=O) groups excluding carboxylic acids is 1. The number of piperidine rings is 1. The Kier molecular flexibility index (Phi) is 3.84. The number of urea groups is 1. The Morgan fingerprint density at radius 1 is 1.19 bits per heavy atom. The third kappa shape index (κ3) is 3.01. The van der Waals surface area contributed by atoms with E-state index in [1.165, 1.54) is 12.8 Å². The molecule has 2 bridgehead atoms. The Morgan fingerprint density at radius 3 is 2.29 bits per heavy atom. The van der Waals surface area contributed by atoms with Crippen molar-refractivity contribution in [2.75, 3.05) is 0 Å². The number of carboxylic acids is 1. The molecule has 3 fully saturated rings. The van der Waals surface area contributed by atoms with E-state index in [-0.39, 0.29) is 36.0 Å². The lowest BCUT2D eigenvalue weighted by Gasteiger charge is -2.40. The third-order valence-electron chi connectivity index (χ3n) is 5.64. The van der Waals surface area contributed by atoms with E-state index in [1.54, 1.807) is 0 Å². The Hall–Kier alpha value is -1.26. The van der Waals surface area contributed by atoms with Crippen LogP contribution < -0.4 is 5.32 Å². The summed E-state index contributed by atoms with van der Waals surface area (Å²) in [6.07, 6.45) is 8.57. The molecule has 3 rings (SSSR count). The summed E-state index contributed by atoms with van der Waals surface area (Å²) in [7, 11) is 0. The third-order valence-corrected chi connectivity index (χ3v) is 5.64. The van der Waals surface area contributed by atoms with Gasteiger partial charge in [0.2, 0.25) is 0 Å². The van der Waals surface area contributed by atoms with Gasteiger partial charge in [0.05, 0.1) is 0 Å². The highest BCUT2D eigenvalue weighted by molar-refractivity contribution is 5.76. The lowest BCUT2D eigenvalue weighted by Crippen LogP contribution is -2.56. The van der Waals surface area contributed by atoms with Crippen LogP contribution in [0.1, 0.15) is 64.7 Å². The number of aliphatic carboxylic acids is 1. The van der Waals surface area contributed by atoms with Gasteiger partial charge in [0, 0.05) is 24.0 Å². The highest BCUT2D eigenvalue weighted by Gasteiger charge is 2.45. The number of carboxylic acid groups (broad SMARTS) is 1. The first kappa shape index (κ1) is 14.7. The zero-order valence-corrected chi connectivity index (χ0v) is 12.8. The predicted octanol–water partition coefficient (Wildman–Crippen LogP) is 2.75. The summed E-state index contributed by atoms with van der Waals surface area (Å²) in [5.74, 6) is -0.470. The van der Waals surface area contributed by atoms with Crippen LogP contribution in [0.2, 0.25) is 0 Å². The molecule has 2 amide bonds. The highest BCUT2D eigenvalue weighted by Crippen LogP contribution is 2.40. The van der Waals surface area contributed by atoms with Gasteiger partial charge in [-0.3, -0.25) is 4.79 Å². The summed E-state index contributed by atoms with van der Waals surface area (Å²) in [6.45, 7) is 2.15. The van der Waals surface area contributed by atoms with Crippen molar-refractivity contribution in [2.24, 2.45) is 5.92 Å². The monoisotopic (exact) mass is 294 g/mol. The molecule has 5 nitrogen and oxygen atoms in total. The number of nitrogens with zero attached hydrogens (tertiary/aromatic N) is 1. The van der Waals surface area contributed by atoms with Crippen molar-refractivity contribution >= 4 is 12.0 Å². The molecule has 2 N–H and O–H groups in total. The molecule has 2 aliphatic heterocycles. The molecule has 2 saturated heterocycles. The second-order valence-electron chi connectivity index (χ2n) is 7.43. The average Bonchev–Trinajstić information content (AvgIpc) is 2.91. The molecule has 21 heavy (non-hydrogen) atoms. The summed E-state index contributed by atoms with van der Waals surface area (Å²) in [4.78, 5) is 25.6. The van der Waals surface area contributed by atoms with Crippen LogP contribution in [-0.2, 0) is 4.79 Å². The van der Waals surface area contributed by atoms with Gasteiger partial charge in [-0.15, -0.1) is 0 Å². The zero-order chi connectivity index (χ0) is 15.0. The van der Waals surface area contributed by atoms with E-state index in [9.17, 15) is 9.59 Å². The van der Waals surface area contributed by atoms with Crippen LogP contribution in [0.4, 0.5) is 4.79 Å². The first-order valence-corrected chi connectivity index (χ1v) is 8.29. The maximum atomic E-state index is 12.6. The molecule has 0 radical (unpaired) electrons. The minimum atomic E-state index is -0.712. The van der Waals surface area contributed by atoms with Gasteiger partial charge in [0.25, 0.3) is 0 Å². The molecule has 1 saturated carbocycles. The zero-order valence-electron chi connectivity index (χ0n) is 12.8. The number of rotatable bonds is 3.